The highest BCUT2D eigenvalue weighted by atomic mass is 16.3. The van der Waals surface area contributed by atoms with Gasteiger partial charge in [0, 0.05) is 25.1 Å². The van der Waals surface area contributed by atoms with Crippen LogP contribution in [0.2, 0.25) is 0 Å². The molecule has 37 heavy (non-hydrogen) atoms. The molecule has 2 N–H and O–H groups in total. The SMILES string of the molecule is O=C(N[C@H](CO)CCC(=O)N1CCC(=C2c3ccccc3C=Cc3ccccc32)CC1)c1ccccc1. The molecule has 0 unspecified atom stereocenters. The van der Waals surface area contributed by atoms with Crippen molar-refractivity contribution in [2.45, 2.75) is 31.7 Å². The van der Waals surface area contributed by atoms with Crippen molar-refractivity contribution in [3.8, 4) is 0 Å². The van der Waals surface area contributed by atoms with Gasteiger partial charge in [0.2, 0.25) is 5.91 Å². The van der Waals surface area contributed by atoms with Gasteiger partial charge in [-0.05, 0) is 59.2 Å². The van der Waals surface area contributed by atoms with Gasteiger partial charge < -0.3 is 15.3 Å². The first kappa shape index (κ1) is 24.7. The summed E-state index contributed by atoms with van der Waals surface area (Å²) >= 11 is 0. The first-order valence-electron chi connectivity index (χ1n) is 13.0. The molecule has 3 aromatic carbocycles. The van der Waals surface area contributed by atoms with E-state index in [4.69, 9.17) is 0 Å². The van der Waals surface area contributed by atoms with Crippen LogP contribution in [0.15, 0.2) is 84.4 Å². The molecule has 0 aromatic heterocycles. The molecule has 5 rings (SSSR count). The molecule has 2 amide bonds. The van der Waals surface area contributed by atoms with Crippen LogP contribution in [0.1, 0.15) is 58.3 Å². The Morgan fingerprint density at radius 1 is 0.811 bits per heavy atom. The highest BCUT2D eigenvalue weighted by Crippen LogP contribution is 2.38. The molecule has 1 fully saturated rings. The van der Waals surface area contributed by atoms with Crippen LogP contribution < -0.4 is 5.32 Å². The van der Waals surface area contributed by atoms with Gasteiger partial charge >= 0.3 is 0 Å². The fraction of sp³-hybridized carbons (Fsp3) is 0.250. The third-order valence-corrected chi connectivity index (χ3v) is 7.27. The molecule has 5 heteroatoms. The van der Waals surface area contributed by atoms with Gasteiger partial charge in [-0.1, -0.05) is 84.5 Å². The molecule has 2 aliphatic rings. The van der Waals surface area contributed by atoms with Gasteiger partial charge in [-0.25, -0.2) is 0 Å². The highest BCUT2D eigenvalue weighted by molar-refractivity contribution is 5.95. The monoisotopic (exact) mass is 492 g/mol. The number of carbonyl (C=O) groups is 2. The van der Waals surface area contributed by atoms with Gasteiger partial charge in [0.25, 0.3) is 5.91 Å². The van der Waals surface area contributed by atoms with E-state index in [9.17, 15) is 14.7 Å². The quantitative estimate of drug-likeness (QED) is 0.390. The predicted molar refractivity (Wildman–Crippen MR) is 148 cm³/mol. The normalized spacial score (nSPS) is 15.4. The van der Waals surface area contributed by atoms with Crippen molar-refractivity contribution in [2.24, 2.45) is 0 Å². The third-order valence-electron chi connectivity index (χ3n) is 7.27. The second-order valence-corrected chi connectivity index (χ2v) is 9.62. The number of aliphatic hydroxyl groups excluding tert-OH is 1. The zero-order valence-electron chi connectivity index (χ0n) is 20.9. The van der Waals surface area contributed by atoms with Crippen LogP contribution in [-0.4, -0.2) is 47.6 Å². The number of nitrogens with zero attached hydrogens (tertiary/aromatic N) is 1. The molecule has 0 spiro atoms. The number of carbonyl (C=O) groups excluding carboxylic acids is 2. The van der Waals surface area contributed by atoms with Crippen LogP contribution in [0.5, 0.6) is 0 Å². The summed E-state index contributed by atoms with van der Waals surface area (Å²) in [5.41, 5.74) is 8.15. The summed E-state index contributed by atoms with van der Waals surface area (Å²) < 4.78 is 0. The summed E-state index contributed by atoms with van der Waals surface area (Å²) in [4.78, 5) is 27.4. The number of hydrogen-bond donors (Lipinski definition) is 2. The molecule has 188 valence electrons. The second-order valence-electron chi connectivity index (χ2n) is 9.62. The number of hydrogen-bond acceptors (Lipinski definition) is 3. The van der Waals surface area contributed by atoms with Crippen molar-refractivity contribution in [1.29, 1.82) is 0 Å². The average Bonchev–Trinajstić information content (AvgIpc) is 3.12. The van der Waals surface area contributed by atoms with Crippen molar-refractivity contribution >= 4 is 29.5 Å². The van der Waals surface area contributed by atoms with Crippen molar-refractivity contribution in [3.63, 3.8) is 0 Å². The van der Waals surface area contributed by atoms with E-state index in [1.54, 1.807) is 24.3 Å². The van der Waals surface area contributed by atoms with Gasteiger partial charge in [0.05, 0.1) is 12.6 Å². The van der Waals surface area contributed by atoms with E-state index in [1.807, 2.05) is 11.0 Å². The molecule has 5 nitrogen and oxygen atoms in total. The molecular weight excluding hydrogens is 460 g/mol. The maximum Gasteiger partial charge on any atom is 0.251 e. The molecule has 3 aromatic rings. The Morgan fingerprint density at radius 3 is 1.97 bits per heavy atom. The van der Waals surface area contributed by atoms with Gasteiger partial charge in [-0.15, -0.1) is 0 Å². The first-order chi connectivity index (χ1) is 18.1. The Labute approximate surface area is 218 Å². The van der Waals surface area contributed by atoms with E-state index < -0.39 is 6.04 Å². The Bertz CT molecular complexity index is 1280. The lowest BCUT2D eigenvalue weighted by molar-refractivity contribution is -0.131. The number of nitrogens with one attached hydrogen (secondary N) is 1. The van der Waals surface area contributed by atoms with Crippen LogP contribution in [-0.2, 0) is 4.79 Å². The maximum atomic E-state index is 13.0. The van der Waals surface area contributed by atoms with E-state index in [0.717, 1.165) is 12.8 Å². The molecule has 1 aliphatic heterocycles. The fourth-order valence-corrected chi connectivity index (χ4v) is 5.24. The molecule has 1 atom stereocenters. The standard InChI is InChI=1S/C32H32N2O3/c35-22-27(33-32(37)26-10-2-1-3-11-26)16-17-30(36)34-20-18-25(19-21-34)31-28-12-6-4-8-23(28)14-15-24-9-5-7-13-29(24)31/h1-15,27,35H,16-22H2,(H,33,37)/t27-/m0/s1. The predicted octanol–water partition coefficient (Wildman–Crippen LogP) is 5.17. The summed E-state index contributed by atoms with van der Waals surface area (Å²) in [5.74, 6) is -0.167. The third kappa shape index (κ3) is 5.57. The molecule has 1 heterocycles. The zero-order chi connectivity index (χ0) is 25.6. The minimum Gasteiger partial charge on any atom is -0.394 e. The van der Waals surface area contributed by atoms with Gasteiger partial charge in [-0.2, -0.15) is 0 Å². The smallest absolute Gasteiger partial charge is 0.251 e. The average molecular weight is 493 g/mol. The lowest BCUT2D eigenvalue weighted by Gasteiger charge is -2.31. The van der Waals surface area contributed by atoms with Crippen LogP contribution in [0.3, 0.4) is 0 Å². The minimum atomic E-state index is -0.453. The molecular formula is C32H32N2O3. The van der Waals surface area contributed by atoms with Gasteiger partial charge in [0.1, 0.15) is 0 Å². The Kier molecular flexibility index (Phi) is 7.62. The topological polar surface area (TPSA) is 69.6 Å². The fourth-order valence-electron chi connectivity index (χ4n) is 5.24. The minimum absolute atomic E-state index is 0.0693. The number of piperidine rings is 1. The summed E-state index contributed by atoms with van der Waals surface area (Å²) in [7, 11) is 0. The Hall–Kier alpha value is -3.96. The molecule has 0 saturated carbocycles. The number of aliphatic hydroxyl groups is 1. The zero-order valence-corrected chi connectivity index (χ0v) is 20.9. The van der Waals surface area contributed by atoms with Crippen molar-refractivity contribution in [3.05, 3.63) is 112 Å². The van der Waals surface area contributed by atoms with Crippen LogP contribution in [0.25, 0.3) is 17.7 Å². The van der Waals surface area contributed by atoms with Crippen LogP contribution in [0, 0.1) is 0 Å². The number of rotatable bonds is 6. The van der Waals surface area contributed by atoms with E-state index in [0.29, 0.717) is 31.5 Å². The summed E-state index contributed by atoms with van der Waals surface area (Å²) in [6, 6.07) is 25.5. The number of fused-ring (bicyclic) bond motifs is 2. The van der Waals surface area contributed by atoms with Crippen LogP contribution >= 0.6 is 0 Å². The summed E-state index contributed by atoms with van der Waals surface area (Å²) in [6.45, 7) is 1.15. The largest absolute Gasteiger partial charge is 0.394 e. The number of benzene rings is 3. The van der Waals surface area contributed by atoms with E-state index in [2.05, 4.69) is 66.0 Å². The summed E-state index contributed by atoms with van der Waals surface area (Å²) in [6.07, 6.45) is 6.74. The molecule has 0 bridgehead atoms. The van der Waals surface area contributed by atoms with Gasteiger partial charge in [0.15, 0.2) is 0 Å². The van der Waals surface area contributed by atoms with E-state index in [1.165, 1.54) is 33.4 Å². The van der Waals surface area contributed by atoms with E-state index >= 15 is 0 Å². The first-order valence-corrected chi connectivity index (χ1v) is 13.0. The van der Waals surface area contributed by atoms with Crippen molar-refractivity contribution in [1.82, 2.24) is 10.2 Å². The number of likely N-dealkylation sites (tertiary alicyclic amines) is 1. The summed E-state index contributed by atoms with van der Waals surface area (Å²) in [5, 5.41) is 12.6. The second kappa shape index (κ2) is 11.4. The lowest BCUT2D eigenvalue weighted by Crippen LogP contribution is -2.40. The highest BCUT2D eigenvalue weighted by Gasteiger charge is 2.25. The van der Waals surface area contributed by atoms with Crippen molar-refractivity contribution < 1.29 is 14.7 Å². The molecule has 1 saturated heterocycles. The van der Waals surface area contributed by atoms with Crippen LogP contribution in [0.4, 0.5) is 0 Å². The van der Waals surface area contributed by atoms with Gasteiger partial charge in [-0.3, -0.25) is 9.59 Å². The molecule has 0 radical (unpaired) electrons. The lowest BCUT2D eigenvalue weighted by atomic mass is 9.86. The Morgan fingerprint density at radius 2 is 1.38 bits per heavy atom. The maximum absolute atomic E-state index is 13.0. The van der Waals surface area contributed by atoms with Crippen molar-refractivity contribution in [2.75, 3.05) is 19.7 Å². The number of amides is 2. The van der Waals surface area contributed by atoms with E-state index in [-0.39, 0.29) is 18.4 Å². The Balaban J connectivity index is 1.24. The molecule has 1 aliphatic carbocycles.